The summed E-state index contributed by atoms with van der Waals surface area (Å²) in [6.45, 7) is 5.64. The fourth-order valence-corrected chi connectivity index (χ4v) is 1.46. The normalized spacial score (nSPS) is 23.4. The summed E-state index contributed by atoms with van der Waals surface area (Å²) < 4.78 is 10.3. The highest BCUT2D eigenvalue weighted by Crippen LogP contribution is 2.10. The molecule has 2 unspecified atom stereocenters. The van der Waals surface area contributed by atoms with E-state index in [1.807, 2.05) is 13.8 Å². The summed E-state index contributed by atoms with van der Waals surface area (Å²) >= 11 is 0. The summed E-state index contributed by atoms with van der Waals surface area (Å²) in [5, 5.41) is 3.11. The van der Waals surface area contributed by atoms with Gasteiger partial charge in [-0.3, -0.25) is 4.79 Å². The Balaban J connectivity index is 2.13. The van der Waals surface area contributed by atoms with E-state index in [9.17, 15) is 4.79 Å². The van der Waals surface area contributed by atoms with Crippen molar-refractivity contribution in [3.05, 3.63) is 0 Å². The molecule has 82 valence electrons. The second-order valence-corrected chi connectivity index (χ2v) is 3.52. The molecule has 4 nitrogen and oxygen atoms in total. The molecule has 1 aliphatic heterocycles. The van der Waals surface area contributed by atoms with Gasteiger partial charge in [0.1, 0.15) is 6.04 Å². The molecule has 4 heteroatoms. The lowest BCUT2D eigenvalue weighted by Crippen LogP contribution is -2.39. The number of carbonyl (C=O) groups excluding carboxylic acids is 1. The highest BCUT2D eigenvalue weighted by molar-refractivity contribution is 5.75. The molecule has 14 heavy (non-hydrogen) atoms. The second kappa shape index (κ2) is 5.98. The molecule has 0 amide bonds. The van der Waals surface area contributed by atoms with E-state index in [2.05, 4.69) is 5.32 Å². The Morgan fingerprint density at radius 3 is 3.07 bits per heavy atom. The second-order valence-electron chi connectivity index (χ2n) is 3.52. The van der Waals surface area contributed by atoms with Gasteiger partial charge in [0, 0.05) is 13.2 Å². The maximum atomic E-state index is 11.2. The third kappa shape index (κ3) is 3.64. The average Bonchev–Trinajstić information content (AvgIpc) is 2.67. The number of carbonyl (C=O) groups is 1. The first-order valence-electron chi connectivity index (χ1n) is 5.25. The van der Waals surface area contributed by atoms with E-state index in [-0.39, 0.29) is 18.1 Å². The molecule has 1 rings (SSSR count). The van der Waals surface area contributed by atoms with Crippen LogP contribution in [0.2, 0.25) is 0 Å². The Labute approximate surface area is 85.0 Å². The zero-order chi connectivity index (χ0) is 10.4. The Morgan fingerprint density at radius 1 is 1.71 bits per heavy atom. The van der Waals surface area contributed by atoms with Crippen molar-refractivity contribution in [1.29, 1.82) is 0 Å². The number of hydrogen-bond acceptors (Lipinski definition) is 4. The smallest absolute Gasteiger partial charge is 0.322 e. The molecule has 0 radical (unpaired) electrons. The van der Waals surface area contributed by atoms with Gasteiger partial charge in [-0.2, -0.15) is 0 Å². The van der Waals surface area contributed by atoms with Gasteiger partial charge in [0.15, 0.2) is 0 Å². The molecule has 0 aromatic carbocycles. The van der Waals surface area contributed by atoms with Gasteiger partial charge >= 0.3 is 5.97 Å². The minimum Gasteiger partial charge on any atom is -0.465 e. The predicted octanol–water partition coefficient (Wildman–Crippen LogP) is 0.707. The first-order chi connectivity index (χ1) is 6.74. The fourth-order valence-electron chi connectivity index (χ4n) is 1.46. The van der Waals surface area contributed by atoms with Crippen molar-refractivity contribution >= 4 is 5.97 Å². The SMILES string of the molecule is CCOC(=O)C(C)NCC1CCCO1. The van der Waals surface area contributed by atoms with Crippen LogP contribution in [0.25, 0.3) is 0 Å². The quantitative estimate of drug-likeness (QED) is 0.665. The van der Waals surface area contributed by atoms with Gasteiger partial charge in [-0.1, -0.05) is 0 Å². The number of esters is 1. The van der Waals surface area contributed by atoms with Crippen LogP contribution >= 0.6 is 0 Å². The highest BCUT2D eigenvalue weighted by Gasteiger charge is 2.18. The molecule has 0 aromatic heterocycles. The Bertz CT molecular complexity index is 178. The molecule has 1 N–H and O–H groups in total. The summed E-state index contributed by atoms with van der Waals surface area (Å²) in [4.78, 5) is 11.2. The maximum absolute atomic E-state index is 11.2. The summed E-state index contributed by atoms with van der Waals surface area (Å²) in [7, 11) is 0. The zero-order valence-electron chi connectivity index (χ0n) is 8.91. The molecule has 0 saturated carbocycles. The van der Waals surface area contributed by atoms with Crippen molar-refractivity contribution in [1.82, 2.24) is 5.32 Å². The molecule has 0 aliphatic carbocycles. The van der Waals surface area contributed by atoms with E-state index in [1.165, 1.54) is 0 Å². The lowest BCUT2D eigenvalue weighted by Gasteiger charge is -2.15. The maximum Gasteiger partial charge on any atom is 0.322 e. The van der Waals surface area contributed by atoms with E-state index in [0.717, 1.165) is 26.0 Å². The minimum absolute atomic E-state index is 0.189. The van der Waals surface area contributed by atoms with E-state index in [0.29, 0.717) is 6.61 Å². The minimum atomic E-state index is -0.237. The van der Waals surface area contributed by atoms with Crippen LogP contribution in [0.4, 0.5) is 0 Å². The summed E-state index contributed by atoms with van der Waals surface area (Å²) in [6.07, 6.45) is 2.48. The van der Waals surface area contributed by atoms with Crippen LogP contribution in [0.5, 0.6) is 0 Å². The molecule has 0 aromatic rings. The molecule has 0 spiro atoms. The van der Waals surface area contributed by atoms with Crippen LogP contribution in [0.1, 0.15) is 26.7 Å². The van der Waals surface area contributed by atoms with Crippen molar-refractivity contribution in [2.45, 2.75) is 38.8 Å². The fraction of sp³-hybridized carbons (Fsp3) is 0.900. The Hall–Kier alpha value is -0.610. The van der Waals surface area contributed by atoms with Crippen molar-refractivity contribution in [2.75, 3.05) is 19.8 Å². The summed E-state index contributed by atoms with van der Waals surface area (Å²) in [5.41, 5.74) is 0. The topological polar surface area (TPSA) is 47.6 Å². The third-order valence-corrected chi connectivity index (χ3v) is 2.32. The van der Waals surface area contributed by atoms with Crippen LogP contribution < -0.4 is 5.32 Å². The molecular weight excluding hydrogens is 182 g/mol. The number of hydrogen-bond donors (Lipinski definition) is 1. The Kier molecular flexibility index (Phi) is 4.90. The van der Waals surface area contributed by atoms with Crippen LogP contribution in [-0.2, 0) is 14.3 Å². The lowest BCUT2D eigenvalue weighted by atomic mass is 10.2. The van der Waals surface area contributed by atoms with E-state index in [4.69, 9.17) is 9.47 Å². The Morgan fingerprint density at radius 2 is 2.50 bits per heavy atom. The van der Waals surface area contributed by atoms with Crippen LogP contribution in [0.15, 0.2) is 0 Å². The standard InChI is InChI=1S/C10H19NO3/c1-3-13-10(12)8(2)11-7-9-5-4-6-14-9/h8-9,11H,3-7H2,1-2H3. The summed E-state index contributed by atoms with van der Waals surface area (Å²) in [6, 6.07) is -0.237. The van der Waals surface area contributed by atoms with Gasteiger partial charge in [-0.05, 0) is 26.7 Å². The number of nitrogens with one attached hydrogen (secondary N) is 1. The van der Waals surface area contributed by atoms with Gasteiger partial charge in [0.25, 0.3) is 0 Å². The molecule has 1 fully saturated rings. The van der Waals surface area contributed by atoms with Gasteiger partial charge in [-0.25, -0.2) is 0 Å². The van der Waals surface area contributed by atoms with Gasteiger partial charge in [0.2, 0.25) is 0 Å². The molecule has 2 atom stereocenters. The number of ether oxygens (including phenoxy) is 2. The average molecular weight is 201 g/mol. The molecular formula is C10H19NO3. The predicted molar refractivity (Wildman–Crippen MR) is 53.1 cm³/mol. The number of rotatable bonds is 5. The highest BCUT2D eigenvalue weighted by atomic mass is 16.5. The third-order valence-electron chi connectivity index (χ3n) is 2.32. The lowest BCUT2D eigenvalue weighted by molar-refractivity contribution is -0.145. The largest absolute Gasteiger partial charge is 0.465 e. The van der Waals surface area contributed by atoms with Crippen LogP contribution in [-0.4, -0.2) is 37.9 Å². The van der Waals surface area contributed by atoms with Crippen molar-refractivity contribution in [3.8, 4) is 0 Å². The van der Waals surface area contributed by atoms with E-state index < -0.39 is 0 Å². The van der Waals surface area contributed by atoms with Crippen molar-refractivity contribution < 1.29 is 14.3 Å². The van der Waals surface area contributed by atoms with Crippen LogP contribution in [0.3, 0.4) is 0 Å². The zero-order valence-corrected chi connectivity index (χ0v) is 8.91. The van der Waals surface area contributed by atoms with Crippen molar-refractivity contribution in [3.63, 3.8) is 0 Å². The molecule has 1 heterocycles. The van der Waals surface area contributed by atoms with E-state index >= 15 is 0 Å². The molecule has 0 bridgehead atoms. The van der Waals surface area contributed by atoms with Gasteiger partial charge in [-0.15, -0.1) is 0 Å². The summed E-state index contributed by atoms with van der Waals surface area (Å²) in [5.74, 6) is -0.189. The first kappa shape index (κ1) is 11.5. The van der Waals surface area contributed by atoms with Crippen molar-refractivity contribution in [2.24, 2.45) is 0 Å². The molecule has 1 saturated heterocycles. The van der Waals surface area contributed by atoms with Gasteiger partial charge in [0.05, 0.1) is 12.7 Å². The molecule has 1 aliphatic rings. The van der Waals surface area contributed by atoms with Gasteiger partial charge < -0.3 is 14.8 Å². The first-order valence-corrected chi connectivity index (χ1v) is 5.25. The van der Waals surface area contributed by atoms with Crippen LogP contribution in [0, 0.1) is 0 Å². The monoisotopic (exact) mass is 201 g/mol. The van der Waals surface area contributed by atoms with E-state index in [1.54, 1.807) is 0 Å².